The summed E-state index contributed by atoms with van der Waals surface area (Å²) in [5.41, 5.74) is 0.0269. The number of aliphatic hydroxyl groups excluding tert-OH is 4. The zero-order valence-electron chi connectivity index (χ0n) is 6.43. The summed E-state index contributed by atoms with van der Waals surface area (Å²) < 4.78 is 4.84. The van der Waals surface area contributed by atoms with Crippen LogP contribution in [-0.2, 0) is 6.61 Å². The summed E-state index contributed by atoms with van der Waals surface area (Å²) in [5, 5.41) is 36.1. The van der Waals surface area contributed by atoms with E-state index in [1.807, 2.05) is 0 Å². The van der Waals surface area contributed by atoms with Crippen molar-refractivity contribution in [3.63, 3.8) is 0 Å². The molecule has 1 atom stereocenters. The number of nitrogens with zero attached hydrogens (tertiary/aromatic N) is 1. The van der Waals surface area contributed by atoms with E-state index < -0.39 is 24.2 Å². The molecule has 0 saturated heterocycles. The van der Waals surface area contributed by atoms with Gasteiger partial charge in [0.05, 0.1) is 0 Å². The van der Waals surface area contributed by atoms with Crippen LogP contribution in [0.1, 0.15) is 23.4 Å². The lowest BCUT2D eigenvalue weighted by molar-refractivity contribution is 0.154. The fourth-order valence-corrected chi connectivity index (χ4v) is 1.18. The molecule has 0 amide bonds. The Kier molecular flexibility index (Phi) is 1.54. The molecule has 0 saturated carbocycles. The minimum atomic E-state index is -1.36. The first-order valence-corrected chi connectivity index (χ1v) is 3.56. The van der Waals surface area contributed by atoms with Gasteiger partial charge in [-0.25, -0.2) is 4.98 Å². The monoisotopic (exact) mass is 185 g/mol. The molecule has 1 unspecified atom stereocenters. The highest BCUT2D eigenvalue weighted by Crippen LogP contribution is 2.37. The van der Waals surface area contributed by atoms with Crippen molar-refractivity contribution in [3.8, 4) is 0 Å². The third-order valence-electron chi connectivity index (χ3n) is 1.81. The maximum atomic E-state index is 9.26. The Bertz CT molecular complexity index is 380. The van der Waals surface area contributed by atoms with Crippen molar-refractivity contribution in [1.82, 2.24) is 4.98 Å². The van der Waals surface area contributed by atoms with E-state index in [-0.39, 0.29) is 17.3 Å². The average Bonchev–Trinajstić information content (AvgIpc) is 2.64. The van der Waals surface area contributed by atoms with Gasteiger partial charge in [0.2, 0.25) is 11.6 Å². The summed E-state index contributed by atoms with van der Waals surface area (Å²) in [6, 6.07) is 0. The minimum Gasteiger partial charge on any atom is -0.506 e. The molecule has 0 aliphatic heterocycles. The van der Waals surface area contributed by atoms with Gasteiger partial charge in [0.15, 0.2) is 17.6 Å². The number of rotatable bonds is 1. The first kappa shape index (κ1) is 8.09. The molecule has 1 heterocycles. The van der Waals surface area contributed by atoms with Gasteiger partial charge in [-0.15, -0.1) is 0 Å². The largest absolute Gasteiger partial charge is 0.506 e. The molecule has 0 aromatic carbocycles. The molecule has 0 radical (unpaired) electrons. The zero-order valence-corrected chi connectivity index (χ0v) is 6.43. The predicted octanol–water partition coefficient (Wildman–Crippen LogP) is -0.00150. The van der Waals surface area contributed by atoms with Crippen LogP contribution < -0.4 is 0 Å². The highest BCUT2D eigenvalue weighted by atomic mass is 16.4. The van der Waals surface area contributed by atoms with E-state index >= 15 is 0 Å². The number of hydrogen-bond acceptors (Lipinski definition) is 6. The van der Waals surface area contributed by atoms with Crippen molar-refractivity contribution in [2.75, 3.05) is 0 Å². The standard InChI is InChI=1S/C7H7NO5/c9-1-2-8-3-4(10)5(11)6(12)7(3)13-2/h4,9-12H,1H2. The molecule has 0 spiro atoms. The van der Waals surface area contributed by atoms with Gasteiger partial charge in [-0.05, 0) is 0 Å². The van der Waals surface area contributed by atoms with E-state index in [0.29, 0.717) is 0 Å². The number of aliphatic hydroxyl groups is 4. The Labute approximate surface area is 72.4 Å². The van der Waals surface area contributed by atoms with E-state index in [4.69, 9.17) is 14.6 Å². The molecular weight excluding hydrogens is 178 g/mol. The van der Waals surface area contributed by atoms with Crippen molar-refractivity contribution < 1.29 is 24.8 Å². The van der Waals surface area contributed by atoms with E-state index in [0.717, 1.165) is 0 Å². The predicted molar refractivity (Wildman–Crippen MR) is 39.6 cm³/mol. The highest BCUT2D eigenvalue weighted by Gasteiger charge is 2.35. The maximum Gasteiger partial charge on any atom is 0.221 e. The molecule has 2 rings (SSSR count). The van der Waals surface area contributed by atoms with Crippen LogP contribution in [0, 0.1) is 0 Å². The molecule has 0 bridgehead atoms. The second-order valence-electron chi connectivity index (χ2n) is 2.62. The number of hydrogen-bond donors (Lipinski definition) is 4. The molecule has 1 aromatic heterocycles. The van der Waals surface area contributed by atoms with Gasteiger partial charge in [-0.2, -0.15) is 0 Å². The molecule has 0 fully saturated rings. The summed E-state index contributed by atoms with van der Waals surface area (Å²) in [4.78, 5) is 3.66. The Morgan fingerprint density at radius 1 is 1.38 bits per heavy atom. The fraction of sp³-hybridized carbons (Fsp3) is 0.286. The van der Waals surface area contributed by atoms with Gasteiger partial charge >= 0.3 is 0 Å². The molecular formula is C7H7NO5. The molecule has 1 aliphatic rings. The van der Waals surface area contributed by atoms with E-state index in [9.17, 15) is 10.2 Å². The second-order valence-corrected chi connectivity index (χ2v) is 2.62. The Morgan fingerprint density at radius 3 is 2.62 bits per heavy atom. The quantitative estimate of drug-likeness (QED) is 0.490. The van der Waals surface area contributed by atoms with Crippen LogP contribution in [0.15, 0.2) is 10.2 Å². The lowest BCUT2D eigenvalue weighted by Gasteiger charge is -1.98. The maximum absolute atomic E-state index is 9.26. The minimum absolute atomic E-state index is 0.0110. The topological polar surface area (TPSA) is 107 Å². The SMILES string of the molecule is OCc1nc2c(o1)C(O)=C(O)C2O. The second kappa shape index (κ2) is 2.48. The third kappa shape index (κ3) is 0.927. The summed E-state index contributed by atoms with van der Waals surface area (Å²) in [6.45, 7) is -0.423. The van der Waals surface area contributed by atoms with Crippen LogP contribution >= 0.6 is 0 Å². The van der Waals surface area contributed by atoms with Crippen LogP contribution in [0.3, 0.4) is 0 Å². The summed E-state index contributed by atoms with van der Waals surface area (Å²) >= 11 is 0. The molecule has 1 aliphatic carbocycles. The van der Waals surface area contributed by atoms with Gasteiger partial charge in [0.25, 0.3) is 0 Å². The summed E-state index contributed by atoms with van der Waals surface area (Å²) in [6.07, 6.45) is -1.36. The van der Waals surface area contributed by atoms with Crippen LogP contribution in [0.5, 0.6) is 0 Å². The molecule has 1 aromatic rings. The molecule has 6 nitrogen and oxygen atoms in total. The van der Waals surface area contributed by atoms with Gasteiger partial charge in [-0.3, -0.25) is 0 Å². The third-order valence-corrected chi connectivity index (χ3v) is 1.81. The van der Waals surface area contributed by atoms with Crippen LogP contribution in [0.2, 0.25) is 0 Å². The molecule has 6 heteroatoms. The fourth-order valence-electron chi connectivity index (χ4n) is 1.18. The van der Waals surface area contributed by atoms with Gasteiger partial charge in [0, 0.05) is 0 Å². The first-order chi connectivity index (χ1) is 6.15. The van der Waals surface area contributed by atoms with Crippen molar-refractivity contribution >= 4 is 5.76 Å². The lowest BCUT2D eigenvalue weighted by atomic mass is 10.3. The van der Waals surface area contributed by atoms with Crippen molar-refractivity contribution in [2.45, 2.75) is 12.7 Å². The van der Waals surface area contributed by atoms with Crippen LogP contribution in [0.25, 0.3) is 5.76 Å². The van der Waals surface area contributed by atoms with Crippen molar-refractivity contribution in [3.05, 3.63) is 23.1 Å². The van der Waals surface area contributed by atoms with Gasteiger partial charge in [0.1, 0.15) is 12.3 Å². The smallest absolute Gasteiger partial charge is 0.221 e. The lowest BCUT2D eigenvalue weighted by Crippen LogP contribution is -1.98. The number of fused-ring (bicyclic) bond motifs is 1. The Morgan fingerprint density at radius 2 is 2.08 bits per heavy atom. The molecule has 4 N–H and O–H groups in total. The van der Waals surface area contributed by atoms with Crippen molar-refractivity contribution in [2.24, 2.45) is 0 Å². The normalized spacial score (nSPS) is 20.9. The average molecular weight is 185 g/mol. The Balaban J connectivity index is 2.54. The first-order valence-electron chi connectivity index (χ1n) is 3.56. The Hall–Kier alpha value is -1.53. The molecule has 70 valence electrons. The summed E-state index contributed by atoms with van der Waals surface area (Å²) in [7, 11) is 0. The van der Waals surface area contributed by atoms with Crippen LogP contribution in [-0.4, -0.2) is 25.4 Å². The van der Waals surface area contributed by atoms with Crippen LogP contribution in [0.4, 0.5) is 0 Å². The van der Waals surface area contributed by atoms with Crippen molar-refractivity contribution in [1.29, 1.82) is 0 Å². The van der Waals surface area contributed by atoms with E-state index in [2.05, 4.69) is 4.98 Å². The number of aromatic nitrogens is 1. The van der Waals surface area contributed by atoms with E-state index in [1.54, 1.807) is 0 Å². The highest BCUT2D eigenvalue weighted by molar-refractivity contribution is 5.64. The van der Waals surface area contributed by atoms with Gasteiger partial charge in [-0.1, -0.05) is 0 Å². The number of oxazole rings is 1. The summed E-state index contributed by atoms with van der Waals surface area (Å²) in [5.74, 6) is -1.21. The van der Waals surface area contributed by atoms with Gasteiger partial charge < -0.3 is 24.8 Å². The van der Waals surface area contributed by atoms with E-state index in [1.165, 1.54) is 0 Å². The molecule has 13 heavy (non-hydrogen) atoms. The zero-order chi connectivity index (χ0) is 9.59.